The summed E-state index contributed by atoms with van der Waals surface area (Å²) in [5, 5.41) is -0.928. The zero-order valence-electron chi connectivity index (χ0n) is 27.1. The maximum atomic E-state index is 12.5. The van der Waals surface area contributed by atoms with E-state index in [0.29, 0.717) is 13.2 Å². The Morgan fingerprint density at radius 2 is 2.40 bits per heavy atom. The van der Waals surface area contributed by atoms with Crippen LogP contribution >= 0.6 is 0 Å². The van der Waals surface area contributed by atoms with Gasteiger partial charge >= 0.3 is 0 Å². The Labute approximate surface area is 144 Å². The standard InChI is InChI=1S/C14H21N3O2S/c1-15-20(18,19)10-11-4-5-14-13(8-11)12(9-16-14)6-7-17(2)3/h4-5,8-9,15-16H,6-7,10H2,1-3H3/i2D3,3D3,4D,5D,6D2,7D2,8D,10D2/hD2. The Morgan fingerprint density at radius 3 is 3.10 bits per heavy atom. The predicted molar refractivity (Wildman–Crippen MR) is 82.2 cm³/mol. The molecule has 1 aromatic heterocycles. The molecule has 6 heteroatoms. The minimum Gasteiger partial charge on any atom is -0.361 e. The fourth-order valence-corrected chi connectivity index (χ4v) is 1.77. The number of benzene rings is 1. The molecule has 2 N–H and O–H groups in total. The Kier molecular flexibility index (Phi) is 1.28. The van der Waals surface area contributed by atoms with Crippen molar-refractivity contribution in [1.82, 2.24) is 14.6 Å². The Balaban J connectivity index is 3.10. The molecule has 0 aliphatic carbocycles. The van der Waals surface area contributed by atoms with Gasteiger partial charge in [0.1, 0.15) is 1.41 Å². The lowest BCUT2D eigenvalue weighted by Crippen LogP contribution is -2.20. The van der Waals surface area contributed by atoms with Crippen LogP contribution in [0.4, 0.5) is 0 Å². The number of sulfonamides is 1. The number of nitrogens with one attached hydrogen (secondary N) is 2. The third-order valence-corrected chi connectivity index (χ3v) is 3.10. The molecule has 0 radical (unpaired) electrons. The second kappa shape index (κ2) is 5.95. The highest BCUT2D eigenvalue weighted by molar-refractivity contribution is 7.88. The molecule has 0 saturated carbocycles. The second-order valence-corrected chi connectivity index (χ2v) is 5.00. The van der Waals surface area contributed by atoms with Crippen molar-refractivity contribution in [2.24, 2.45) is 0 Å². The molecule has 0 aliphatic rings. The lowest BCUT2D eigenvalue weighted by molar-refractivity contribution is 0.414. The number of nitrogens with zero attached hydrogens (tertiary/aromatic N) is 1. The van der Waals surface area contributed by atoms with Gasteiger partial charge in [-0.2, -0.15) is 0 Å². The van der Waals surface area contributed by atoms with E-state index in [-0.39, 0.29) is 9.69 Å². The zero-order valence-corrected chi connectivity index (χ0v) is 11.0. The van der Waals surface area contributed by atoms with Crippen molar-refractivity contribution >= 4 is 20.9 Å². The highest BCUT2D eigenvalue weighted by Gasteiger charge is 2.11. The van der Waals surface area contributed by atoms with Crippen LogP contribution in [0.1, 0.15) is 31.7 Å². The average Bonchev–Trinajstić information content (AvgIpc) is 3.01. The highest BCUT2D eigenvalue weighted by atomic mass is 32.2. The first-order valence-corrected chi connectivity index (χ1v) is 6.55. The fraction of sp³-hybridized carbons (Fsp3) is 0.429. The number of likely N-dealkylation sites (N-methyl/N-ethyl adjacent to an activating group) is 1. The van der Waals surface area contributed by atoms with Crippen LogP contribution in [0.3, 0.4) is 0 Å². The molecule has 20 heavy (non-hydrogen) atoms. The van der Waals surface area contributed by atoms with Crippen LogP contribution in [0, 0.1) is 0 Å². The predicted octanol–water partition coefficient (Wildman–Crippen LogP) is 1.32. The summed E-state index contributed by atoms with van der Waals surface area (Å²) in [6, 6.07) is -3.52. The topological polar surface area (TPSA) is 65.2 Å². The lowest BCUT2D eigenvalue weighted by atomic mass is 10.1. The van der Waals surface area contributed by atoms with Crippen LogP contribution in [0.5, 0.6) is 0 Å². The van der Waals surface area contributed by atoms with Crippen molar-refractivity contribution in [2.45, 2.75) is 12.1 Å². The summed E-state index contributed by atoms with van der Waals surface area (Å²) in [6.45, 7) is -11.4. The van der Waals surface area contributed by atoms with Crippen LogP contribution in [-0.4, -0.2) is 45.8 Å². The van der Waals surface area contributed by atoms with Gasteiger partial charge in [0, 0.05) is 40.0 Å². The lowest BCUT2D eigenvalue weighted by Gasteiger charge is -2.08. The number of H-pyrrole nitrogens is 1. The van der Waals surface area contributed by atoms with Crippen molar-refractivity contribution in [3.05, 3.63) is 35.5 Å². The van der Waals surface area contributed by atoms with E-state index in [9.17, 15) is 8.42 Å². The summed E-state index contributed by atoms with van der Waals surface area (Å²) in [7, 11) is -4.61. The third kappa shape index (κ3) is 3.59. The van der Waals surface area contributed by atoms with Crippen LogP contribution in [0.15, 0.2) is 24.3 Å². The summed E-state index contributed by atoms with van der Waals surface area (Å²) in [4.78, 5) is -0.486. The molecular formula is C14H21N3O2S. The molecule has 110 valence electrons. The van der Waals surface area contributed by atoms with Crippen LogP contribution in [-0.2, 0) is 22.1 Å². The molecule has 0 spiro atoms. The summed E-state index contributed by atoms with van der Waals surface area (Å²) >= 11 is 0. The third-order valence-electron chi connectivity index (χ3n) is 2.16. The summed E-state index contributed by atoms with van der Waals surface area (Å²) in [5.41, 5.74) is -6.86. The summed E-state index contributed by atoms with van der Waals surface area (Å²) < 4.78 is 159. The number of aryl methyl sites for hydroxylation is 1. The van der Waals surface area contributed by atoms with Gasteiger partial charge in [-0.25, -0.2) is 13.1 Å². The van der Waals surface area contributed by atoms with Crippen molar-refractivity contribution < 1.29 is 31.8 Å². The number of aromatic amines is 1. The van der Waals surface area contributed by atoms with E-state index in [0.717, 1.165) is 0 Å². The Morgan fingerprint density at radius 1 is 1.60 bits per heavy atom. The second-order valence-electron chi connectivity index (χ2n) is 3.48. The van der Waals surface area contributed by atoms with Gasteiger partial charge in [-0.3, -0.25) is 0 Å². The molecule has 1 heterocycles. The molecule has 0 saturated heterocycles. The number of hydrogen-bond acceptors (Lipinski definition) is 3. The van der Waals surface area contributed by atoms with E-state index in [2.05, 4.69) is 0 Å². The molecule has 2 aromatic rings. The quantitative estimate of drug-likeness (QED) is 0.845. The van der Waals surface area contributed by atoms with Gasteiger partial charge in [0.25, 0.3) is 0 Å². The van der Waals surface area contributed by atoms with E-state index in [4.69, 9.17) is 23.4 Å². The molecular weight excluding hydrogens is 274 g/mol. The summed E-state index contributed by atoms with van der Waals surface area (Å²) in [5.74, 6) is 0. The molecule has 0 bridgehead atoms. The first-order chi connectivity index (χ1) is 16.2. The average molecular weight is 313 g/mol. The molecule has 2 rings (SSSR count). The molecule has 0 atom stereocenters. The maximum Gasteiger partial charge on any atom is 0.215 e. The van der Waals surface area contributed by atoms with Crippen molar-refractivity contribution in [3.63, 3.8) is 0 Å². The molecule has 5 nitrogen and oxygen atoms in total. The van der Waals surface area contributed by atoms with Crippen LogP contribution < -0.4 is 4.72 Å². The zero-order chi connectivity index (χ0) is 29.5. The Hall–Kier alpha value is -1.37. The first-order valence-electron chi connectivity index (χ1n) is 13.5. The normalized spacial score (nSPS) is 28.4. The SMILES string of the molecule is [2H]c1c(C([2H])([2H])S(=O)(=O)N([2H])C)c([2H])c2c(C([2H])([2H])C([2H])([2H])N(C([2H])([2H])[2H])C([2H])([2H])[2H])cn([2H])c2c1[2H]. The molecule has 0 unspecified atom stereocenters. The Bertz CT molecular complexity index is 1310. The smallest absolute Gasteiger partial charge is 0.215 e. The maximum absolute atomic E-state index is 12.5. The van der Waals surface area contributed by atoms with Gasteiger partial charge in [0.05, 0.1) is 9.82 Å². The van der Waals surface area contributed by atoms with Gasteiger partial charge < -0.3 is 9.88 Å². The monoisotopic (exact) mass is 312 g/mol. The van der Waals surface area contributed by atoms with Gasteiger partial charge in [-0.1, -0.05) is 6.04 Å². The van der Waals surface area contributed by atoms with Crippen molar-refractivity contribution in [2.75, 3.05) is 27.5 Å². The molecule has 0 fully saturated rings. The van der Waals surface area contributed by atoms with E-state index >= 15 is 0 Å². The number of fused-ring (bicyclic) bond motifs is 1. The van der Waals surface area contributed by atoms with Gasteiger partial charge in [-0.05, 0) is 50.6 Å². The first kappa shape index (κ1) is 4.32. The van der Waals surface area contributed by atoms with Gasteiger partial charge in [-0.15, -0.1) is 0 Å². The minimum absolute atomic E-state index is 0.219. The molecule has 0 amide bonds. The number of rotatable bonds is 6. The largest absolute Gasteiger partial charge is 0.361 e. The van der Waals surface area contributed by atoms with Gasteiger partial charge in [0.2, 0.25) is 10.0 Å². The van der Waals surface area contributed by atoms with Crippen molar-refractivity contribution in [1.29, 1.82) is 0 Å². The van der Waals surface area contributed by atoms with Crippen molar-refractivity contribution in [3.8, 4) is 0 Å². The summed E-state index contributed by atoms with van der Waals surface area (Å²) in [6.07, 6.45) is -3.21. The van der Waals surface area contributed by atoms with E-state index in [1.54, 1.807) is 0 Å². The van der Waals surface area contributed by atoms with Crippen LogP contribution in [0.2, 0.25) is 2.82 Å². The van der Waals surface area contributed by atoms with Gasteiger partial charge in [0.15, 0.2) is 1.41 Å². The highest BCUT2D eigenvalue weighted by Crippen LogP contribution is 2.21. The van der Waals surface area contributed by atoms with E-state index in [1.807, 2.05) is 0 Å². The molecule has 0 aliphatic heterocycles. The van der Waals surface area contributed by atoms with E-state index in [1.165, 1.54) is 0 Å². The fourth-order valence-electron chi connectivity index (χ4n) is 1.32. The number of aromatic nitrogens is 1. The van der Waals surface area contributed by atoms with Crippen LogP contribution in [0.25, 0.3) is 10.9 Å². The molecule has 1 aromatic carbocycles. The number of hydrogen-bond donors (Lipinski definition) is 2. The minimum atomic E-state index is -5.25. The van der Waals surface area contributed by atoms with E-state index < -0.39 is 87.6 Å².